The third kappa shape index (κ3) is 4.31. The van der Waals surface area contributed by atoms with Gasteiger partial charge in [-0.1, -0.05) is 12.1 Å². The van der Waals surface area contributed by atoms with Gasteiger partial charge in [0.05, 0.1) is 26.4 Å². The van der Waals surface area contributed by atoms with Crippen LogP contribution in [-0.2, 0) is 6.54 Å². The molecular formula is C14H10N4O7. The lowest BCUT2D eigenvalue weighted by Gasteiger charge is -2.05. The number of nitro groups is 3. The van der Waals surface area contributed by atoms with Crippen LogP contribution in [-0.4, -0.2) is 20.7 Å². The van der Waals surface area contributed by atoms with Crippen LogP contribution in [0.5, 0.6) is 0 Å². The van der Waals surface area contributed by atoms with Gasteiger partial charge in [0.1, 0.15) is 0 Å². The highest BCUT2D eigenvalue weighted by molar-refractivity contribution is 5.95. The Morgan fingerprint density at radius 1 is 0.800 bits per heavy atom. The van der Waals surface area contributed by atoms with Crippen LogP contribution >= 0.6 is 0 Å². The van der Waals surface area contributed by atoms with Gasteiger partial charge in [-0.2, -0.15) is 0 Å². The van der Waals surface area contributed by atoms with Gasteiger partial charge < -0.3 is 5.32 Å². The van der Waals surface area contributed by atoms with Gasteiger partial charge in [0.15, 0.2) is 0 Å². The predicted octanol–water partition coefficient (Wildman–Crippen LogP) is 2.34. The lowest BCUT2D eigenvalue weighted by molar-refractivity contribution is -0.394. The van der Waals surface area contributed by atoms with E-state index in [9.17, 15) is 35.1 Å². The number of rotatable bonds is 6. The summed E-state index contributed by atoms with van der Waals surface area (Å²) in [5, 5.41) is 34.6. The fourth-order valence-corrected chi connectivity index (χ4v) is 1.96. The zero-order chi connectivity index (χ0) is 18.6. The summed E-state index contributed by atoms with van der Waals surface area (Å²) in [4.78, 5) is 42.0. The molecular weight excluding hydrogens is 336 g/mol. The Morgan fingerprint density at radius 2 is 1.28 bits per heavy atom. The van der Waals surface area contributed by atoms with E-state index in [4.69, 9.17) is 0 Å². The van der Waals surface area contributed by atoms with E-state index in [1.54, 1.807) is 0 Å². The van der Waals surface area contributed by atoms with E-state index < -0.39 is 32.1 Å². The van der Waals surface area contributed by atoms with Crippen LogP contribution in [0.2, 0.25) is 0 Å². The average Bonchev–Trinajstić information content (AvgIpc) is 2.59. The van der Waals surface area contributed by atoms with Crippen molar-refractivity contribution in [2.45, 2.75) is 6.54 Å². The molecule has 25 heavy (non-hydrogen) atoms. The molecule has 0 saturated carbocycles. The van der Waals surface area contributed by atoms with Crippen molar-refractivity contribution in [2.24, 2.45) is 0 Å². The van der Waals surface area contributed by atoms with Gasteiger partial charge in [-0.25, -0.2) is 0 Å². The second-order valence-electron chi connectivity index (χ2n) is 4.86. The van der Waals surface area contributed by atoms with E-state index >= 15 is 0 Å². The number of nitrogens with one attached hydrogen (secondary N) is 1. The molecule has 0 aliphatic carbocycles. The fourth-order valence-electron chi connectivity index (χ4n) is 1.96. The summed E-state index contributed by atoms with van der Waals surface area (Å²) in [5.74, 6) is -0.745. The summed E-state index contributed by atoms with van der Waals surface area (Å²) in [5.41, 5.74) is -0.935. The molecule has 0 spiro atoms. The minimum Gasteiger partial charge on any atom is -0.348 e. The van der Waals surface area contributed by atoms with Crippen molar-refractivity contribution in [3.8, 4) is 0 Å². The predicted molar refractivity (Wildman–Crippen MR) is 84.0 cm³/mol. The van der Waals surface area contributed by atoms with Crippen LogP contribution in [0.4, 0.5) is 17.1 Å². The van der Waals surface area contributed by atoms with E-state index in [1.807, 2.05) is 0 Å². The largest absolute Gasteiger partial charge is 0.348 e. The molecule has 0 aliphatic heterocycles. The highest BCUT2D eigenvalue weighted by atomic mass is 16.6. The minimum absolute atomic E-state index is 0.00663. The quantitative estimate of drug-likeness (QED) is 0.620. The van der Waals surface area contributed by atoms with Gasteiger partial charge in [0, 0.05) is 30.8 Å². The first-order valence-electron chi connectivity index (χ1n) is 6.73. The normalized spacial score (nSPS) is 10.1. The van der Waals surface area contributed by atoms with Crippen LogP contribution in [0.3, 0.4) is 0 Å². The third-order valence-corrected chi connectivity index (χ3v) is 3.19. The van der Waals surface area contributed by atoms with Crippen molar-refractivity contribution in [3.05, 3.63) is 83.9 Å². The SMILES string of the molecule is O=C(NCc1ccc([N+](=O)[O-])cc1)c1cc([N+](=O)[O-])cc([N+](=O)[O-])c1. The Labute approximate surface area is 139 Å². The summed E-state index contributed by atoms with van der Waals surface area (Å²) in [6, 6.07) is 8.02. The lowest BCUT2D eigenvalue weighted by Crippen LogP contribution is -2.23. The molecule has 0 radical (unpaired) electrons. The fraction of sp³-hybridized carbons (Fsp3) is 0.0714. The first-order chi connectivity index (χ1) is 11.8. The van der Waals surface area contributed by atoms with Crippen LogP contribution in [0.1, 0.15) is 15.9 Å². The number of non-ortho nitro benzene ring substituents is 3. The molecule has 0 unspecified atom stereocenters. The Kier molecular flexibility index (Phi) is 4.98. The molecule has 0 heterocycles. The number of hydrogen-bond acceptors (Lipinski definition) is 7. The molecule has 11 nitrogen and oxygen atoms in total. The van der Waals surface area contributed by atoms with Crippen molar-refractivity contribution >= 4 is 23.0 Å². The molecule has 0 saturated heterocycles. The Bertz CT molecular complexity index is 832. The summed E-state index contributed by atoms with van der Waals surface area (Å²) in [6.45, 7) is -0.00663. The maximum absolute atomic E-state index is 12.1. The van der Waals surface area contributed by atoms with Gasteiger partial charge in [-0.05, 0) is 5.56 Å². The zero-order valence-corrected chi connectivity index (χ0v) is 12.4. The van der Waals surface area contributed by atoms with Gasteiger partial charge in [-0.3, -0.25) is 35.1 Å². The van der Waals surface area contributed by atoms with E-state index in [0.717, 1.165) is 18.2 Å². The Balaban J connectivity index is 2.16. The van der Waals surface area contributed by atoms with Gasteiger partial charge in [-0.15, -0.1) is 0 Å². The number of carbonyl (C=O) groups is 1. The number of carbonyl (C=O) groups excluding carboxylic acids is 1. The number of nitrogens with zero attached hydrogens (tertiary/aromatic N) is 3. The summed E-state index contributed by atoms with van der Waals surface area (Å²) >= 11 is 0. The number of hydrogen-bond donors (Lipinski definition) is 1. The minimum atomic E-state index is -0.833. The van der Waals surface area contributed by atoms with Gasteiger partial charge >= 0.3 is 0 Å². The monoisotopic (exact) mass is 346 g/mol. The van der Waals surface area contributed by atoms with Crippen LogP contribution in [0, 0.1) is 30.3 Å². The molecule has 11 heteroatoms. The number of amides is 1. The second kappa shape index (κ2) is 7.12. The maximum atomic E-state index is 12.1. The first kappa shape index (κ1) is 17.5. The molecule has 2 aromatic carbocycles. The standard InChI is InChI=1S/C14H10N4O7/c19-14(15-8-9-1-3-11(4-2-9)16(20)21)10-5-12(17(22)23)7-13(6-10)18(24)25/h1-7H,8H2,(H,15,19). The molecule has 0 aliphatic rings. The topological polar surface area (TPSA) is 159 Å². The third-order valence-electron chi connectivity index (χ3n) is 3.19. The van der Waals surface area contributed by atoms with E-state index in [2.05, 4.69) is 5.32 Å². The number of benzene rings is 2. The van der Waals surface area contributed by atoms with Crippen molar-refractivity contribution in [1.29, 1.82) is 0 Å². The summed E-state index contributed by atoms with van der Waals surface area (Å²) in [7, 11) is 0. The van der Waals surface area contributed by atoms with Crippen molar-refractivity contribution in [3.63, 3.8) is 0 Å². The highest BCUT2D eigenvalue weighted by Gasteiger charge is 2.19. The molecule has 0 atom stereocenters. The number of nitro benzene ring substituents is 3. The lowest BCUT2D eigenvalue weighted by atomic mass is 10.1. The van der Waals surface area contributed by atoms with Crippen LogP contribution in [0.15, 0.2) is 42.5 Å². The molecule has 0 fully saturated rings. The maximum Gasteiger partial charge on any atom is 0.277 e. The highest BCUT2D eigenvalue weighted by Crippen LogP contribution is 2.22. The van der Waals surface area contributed by atoms with Gasteiger partial charge in [0.2, 0.25) is 0 Å². The first-order valence-corrected chi connectivity index (χ1v) is 6.73. The van der Waals surface area contributed by atoms with E-state index in [-0.39, 0.29) is 17.8 Å². The molecule has 2 rings (SSSR count). The summed E-state index contributed by atoms with van der Waals surface area (Å²) in [6.07, 6.45) is 0. The van der Waals surface area contributed by atoms with Crippen molar-refractivity contribution < 1.29 is 19.6 Å². The molecule has 1 N–H and O–H groups in total. The van der Waals surface area contributed by atoms with Crippen molar-refractivity contribution in [1.82, 2.24) is 5.32 Å². The molecule has 2 aromatic rings. The molecule has 1 amide bonds. The molecule has 0 aromatic heterocycles. The molecule has 0 bridgehead atoms. The zero-order valence-electron chi connectivity index (χ0n) is 12.4. The Hall–Kier alpha value is -3.89. The average molecular weight is 346 g/mol. The van der Waals surface area contributed by atoms with E-state index in [0.29, 0.717) is 5.56 Å². The smallest absolute Gasteiger partial charge is 0.277 e. The molecule has 128 valence electrons. The van der Waals surface area contributed by atoms with Crippen LogP contribution < -0.4 is 5.32 Å². The van der Waals surface area contributed by atoms with Gasteiger partial charge in [0.25, 0.3) is 23.0 Å². The van der Waals surface area contributed by atoms with Crippen molar-refractivity contribution in [2.75, 3.05) is 0 Å². The van der Waals surface area contributed by atoms with E-state index in [1.165, 1.54) is 24.3 Å². The Morgan fingerprint density at radius 3 is 1.72 bits per heavy atom. The summed E-state index contributed by atoms with van der Waals surface area (Å²) < 4.78 is 0. The van der Waals surface area contributed by atoms with Crippen LogP contribution in [0.25, 0.3) is 0 Å². The second-order valence-corrected chi connectivity index (χ2v) is 4.86.